The maximum atomic E-state index is 9.82. The number of aromatic amines is 1. The molecule has 0 aliphatic carbocycles. The van der Waals surface area contributed by atoms with Crippen molar-refractivity contribution in [3.05, 3.63) is 18.2 Å². The molecular formula is C6H7N2O2. The van der Waals surface area contributed by atoms with Crippen molar-refractivity contribution in [2.45, 2.75) is 12.5 Å². The summed E-state index contributed by atoms with van der Waals surface area (Å²) >= 11 is 0. The molecule has 0 aliphatic rings. The minimum atomic E-state index is -1.05. The first-order valence-corrected chi connectivity index (χ1v) is 2.86. The fourth-order valence-electron chi connectivity index (χ4n) is 0.642. The Morgan fingerprint density at radius 1 is 1.90 bits per heavy atom. The molecule has 1 aromatic heterocycles. The Hall–Kier alpha value is -1.16. The van der Waals surface area contributed by atoms with Gasteiger partial charge in [0.15, 0.2) is 0 Å². The van der Waals surface area contributed by atoms with Crippen molar-refractivity contribution in [3.8, 4) is 0 Å². The van der Waals surface area contributed by atoms with Crippen molar-refractivity contribution in [1.29, 1.82) is 0 Å². The molecule has 10 heavy (non-hydrogen) atoms. The summed E-state index contributed by atoms with van der Waals surface area (Å²) in [5.74, 6) is 0. The largest absolute Gasteiger partial charge is 0.384 e. The van der Waals surface area contributed by atoms with Crippen LogP contribution in [0.3, 0.4) is 0 Å². The molecular weight excluding hydrogens is 132 g/mol. The minimum Gasteiger partial charge on any atom is -0.384 e. The Morgan fingerprint density at radius 3 is 3.20 bits per heavy atom. The lowest BCUT2D eigenvalue weighted by atomic mass is 10.2. The standard InChI is InChI=1S/C6H7N2O2/c9-3-6(10)1-5-2-7-4-8-5/h2,4,6,10H,1H2,(H,7,8)/t6-/m0/s1. The minimum absolute atomic E-state index is 0.229. The Morgan fingerprint density at radius 2 is 2.70 bits per heavy atom. The number of aromatic nitrogens is 2. The number of nitrogens with one attached hydrogen (secondary N) is 1. The molecule has 0 fully saturated rings. The molecule has 0 saturated carbocycles. The van der Waals surface area contributed by atoms with E-state index in [9.17, 15) is 4.79 Å². The van der Waals surface area contributed by atoms with E-state index < -0.39 is 6.10 Å². The number of hydrogen-bond donors (Lipinski definition) is 2. The van der Waals surface area contributed by atoms with E-state index in [0.717, 1.165) is 0 Å². The summed E-state index contributed by atoms with van der Waals surface area (Å²) in [5.41, 5.74) is 0.663. The van der Waals surface area contributed by atoms with Gasteiger partial charge in [-0.1, -0.05) is 0 Å². The van der Waals surface area contributed by atoms with E-state index in [-0.39, 0.29) is 6.42 Å². The van der Waals surface area contributed by atoms with Crippen LogP contribution in [0.2, 0.25) is 0 Å². The topological polar surface area (TPSA) is 66.0 Å². The number of H-pyrrole nitrogens is 1. The molecule has 4 nitrogen and oxygen atoms in total. The van der Waals surface area contributed by atoms with Crippen LogP contribution in [-0.4, -0.2) is 27.5 Å². The van der Waals surface area contributed by atoms with E-state index in [4.69, 9.17) is 5.11 Å². The predicted molar refractivity (Wildman–Crippen MR) is 34.0 cm³/mol. The Balaban J connectivity index is 2.47. The average molecular weight is 139 g/mol. The van der Waals surface area contributed by atoms with Gasteiger partial charge in [-0.25, -0.2) is 4.98 Å². The number of nitrogens with zero attached hydrogens (tertiary/aromatic N) is 1. The van der Waals surface area contributed by atoms with Gasteiger partial charge in [0.05, 0.1) is 12.0 Å². The Bertz CT molecular complexity index is 196. The van der Waals surface area contributed by atoms with Crippen LogP contribution in [0.25, 0.3) is 0 Å². The summed E-state index contributed by atoms with van der Waals surface area (Å²) in [7, 11) is 0. The fraction of sp³-hybridized carbons (Fsp3) is 0.333. The van der Waals surface area contributed by atoms with Crippen LogP contribution in [0, 0.1) is 0 Å². The van der Waals surface area contributed by atoms with Gasteiger partial charge in [-0.2, -0.15) is 0 Å². The van der Waals surface area contributed by atoms with Crippen LogP contribution in [0.4, 0.5) is 0 Å². The third-order valence-corrected chi connectivity index (χ3v) is 1.09. The quantitative estimate of drug-likeness (QED) is 0.589. The van der Waals surface area contributed by atoms with Gasteiger partial charge in [-0.15, -0.1) is 0 Å². The zero-order valence-electron chi connectivity index (χ0n) is 5.24. The molecule has 1 rings (SSSR count). The zero-order chi connectivity index (χ0) is 7.40. The van der Waals surface area contributed by atoms with Crippen LogP contribution >= 0.6 is 0 Å². The molecule has 1 aromatic rings. The molecule has 0 unspecified atom stereocenters. The highest BCUT2D eigenvalue weighted by Crippen LogP contribution is 1.94. The van der Waals surface area contributed by atoms with Gasteiger partial charge >= 0.3 is 0 Å². The molecule has 1 atom stereocenters. The molecule has 53 valence electrons. The number of imidazole rings is 1. The van der Waals surface area contributed by atoms with Crippen molar-refractivity contribution >= 4 is 6.29 Å². The van der Waals surface area contributed by atoms with Crippen molar-refractivity contribution in [3.63, 3.8) is 0 Å². The molecule has 0 saturated heterocycles. The zero-order valence-corrected chi connectivity index (χ0v) is 5.24. The van der Waals surface area contributed by atoms with E-state index in [1.165, 1.54) is 12.6 Å². The molecule has 0 aromatic carbocycles. The Labute approximate surface area is 57.9 Å². The smallest absolute Gasteiger partial charge is 0.229 e. The number of aliphatic hydroxyl groups excluding tert-OH is 1. The lowest BCUT2D eigenvalue weighted by molar-refractivity contribution is 0.234. The molecule has 0 bridgehead atoms. The number of hydrogen-bond acceptors (Lipinski definition) is 3. The van der Waals surface area contributed by atoms with E-state index in [2.05, 4.69) is 9.97 Å². The molecule has 1 radical (unpaired) electrons. The number of rotatable bonds is 3. The Kier molecular flexibility index (Phi) is 2.17. The normalized spacial score (nSPS) is 12.9. The van der Waals surface area contributed by atoms with Gasteiger partial charge in [0.1, 0.15) is 6.10 Å². The van der Waals surface area contributed by atoms with Crippen LogP contribution < -0.4 is 0 Å². The van der Waals surface area contributed by atoms with Gasteiger partial charge in [-0.3, -0.25) is 4.79 Å². The summed E-state index contributed by atoms with van der Waals surface area (Å²) in [6.45, 7) is 0. The first-order valence-electron chi connectivity index (χ1n) is 2.86. The molecule has 0 aliphatic heterocycles. The molecule has 0 spiro atoms. The first kappa shape index (κ1) is 6.95. The summed E-state index contributed by atoms with van der Waals surface area (Å²) in [5, 5.41) is 8.75. The molecule has 1 heterocycles. The SMILES string of the molecule is O=[C][C@@H](O)Cc1c[nH]cn1. The molecule has 4 heteroatoms. The highest BCUT2D eigenvalue weighted by Gasteiger charge is 2.04. The summed E-state index contributed by atoms with van der Waals surface area (Å²) in [4.78, 5) is 16.3. The van der Waals surface area contributed by atoms with E-state index in [1.807, 2.05) is 0 Å². The van der Waals surface area contributed by atoms with Crippen LogP contribution in [0.15, 0.2) is 12.5 Å². The van der Waals surface area contributed by atoms with Crippen molar-refractivity contribution in [2.24, 2.45) is 0 Å². The van der Waals surface area contributed by atoms with E-state index in [1.54, 1.807) is 6.20 Å². The van der Waals surface area contributed by atoms with Gasteiger partial charge in [-0.05, 0) is 0 Å². The van der Waals surface area contributed by atoms with Crippen LogP contribution in [0.5, 0.6) is 0 Å². The third kappa shape index (κ3) is 1.66. The molecule has 2 N–H and O–H groups in total. The second-order valence-electron chi connectivity index (χ2n) is 1.90. The number of carbonyl (C=O) groups excluding carboxylic acids is 1. The molecule has 0 amide bonds. The van der Waals surface area contributed by atoms with Gasteiger partial charge in [0, 0.05) is 12.6 Å². The monoisotopic (exact) mass is 139 g/mol. The lowest BCUT2D eigenvalue weighted by Crippen LogP contribution is -2.11. The van der Waals surface area contributed by atoms with E-state index in [0.29, 0.717) is 5.69 Å². The second-order valence-corrected chi connectivity index (χ2v) is 1.90. The lowest BCUT2D eigenvalue weighted by Gasteiger charge is -1.95. The predicted octanol–water partition coefficient (Wildman–Crippen LogP) is -0.577. The van der Waals surface area contributed by atoms with Crippen LogP contribution in [-0.2, 0) is 11.2 Å². The van der Waals surface area contributed by atoms with Gasteiger partial charge in [0.2, 0.25) is 6.29 Å². The highest BCUT2D eigenvalue weighted by atomic mass is 16.3. The van der Waals surface area contributed by atoms with Gasteiger partial charge < -0.3 is 10.1 Å². The second kappa shape index (κ2) is 3.12. The average Bonchev–Trinajstić information content (AvgIpc) is 2.40. The fourth-order valence-corrected chi connectivity index (χ4v) is 0.642. The first-order chi connectivity index (χ1) is 4.83. The van der Waals surface area contributed by atoms with E-state index >= 15 is 0 Å². The van der Waals surface area contributed by atoms with Gasteiger partial charge in [0.25, 0.3) is 0 Å². The van der Waals surface area contributed by atoms with Crippen molar-refractivity contribution < 1.29 is 9.90 Å². The third-order valence-electron chi connectivity index (χ3n) is 1.09. The number of aliphatic hydroxyl groups is 1. The van der Waals surface area contributed by atoms with Crippen LogP contribution in [0.1, 0.15) is 5.69 Å². The summed E-state index contributed by atoms with van der Waals surface area (Å²) < 4.78 is 0. The maximum absolute atomic E-state index is 9.82. The van der Waals surface area contributed by atoms with Crippen molar-refractivity contribution in [2.75, 3.05) is 0 Å². The maximum Gasteiger partial charge on any atom is 0.229 e. The van der Waals surface area contributed by atoms with Crippen molar-refractivity contribution in [1.82, 2.24) is 9.97 Å². The highest BCUT2D eigenvalue weighted by molar-refractivity contribution is 5.56. The summed E-state index contributed by atoms with van der Waals surface area (Å²) in [6.07, 6.45) is 3.75. The summed E-state index contributed by atoms with van der Waals surface area (Å²) in [6, 6.07) is 0.